The zero-order valence-corrected chi connectivity index (χ0v) is 21.1. The number of anilines is 2. The number of carbonyl (C=O) groups excluding carboxylic acids is 1. The number of ether oxygens (including phenoxy) is 1. The quantitative estimate of drug-likeness (QED) is 0.509. The molecule has 0 N–H and O–H groups in total. The number of hydrogen-bond acceptors (Lipinski definition) is 4. The molecule has 9 heteroatoms. The first-order chi connectivity index (χ1) is 17.8. The molecule has 196 valence electrons. The van der Waals surface area contributed by atoms with Gasteiger partial charge in [-0.1, -0.05) is 18.2 Å². The summed E-state index contributed by atoms with van der Waals surface area (Å²) >= 11 is 0. The number of hydrogen-bond donors (Lipinski definition) is 0. The summed E-state index contributed by atoms with van der Waals surface area (Å²) in [6, 6.07) is 10.2. The van der Waals surface area contributed by atoms with Crippen LogP contribution in [0.15, 0.2) is 42.5 Å². The summed E-state index contributed by atoms with van der Waals surface area (Å²) in [6.45, 7) is 8.46. The number of nitrogens with zero attached hydrogens (tertiary/aromatic N) is 4. The largest absolute Gasteiger partial charge is 0.378 e. The van der Waals surface area contributed by atoms with Crippen molar-refractivity contribution in [2.75, 3.05) is 62.3 Å². The van der Waals surface area contributed by atoms with Gasteiger partial charge in [0.2, 0.25) is 0 Å². The SMILES string of the molecule is Cc1c(N2CCOCC2)c(C)n(Cc2ccc(F)cc2F)c1C(=O)N1CCN(c2ccccc2F)CC1. The van der Waals surface area contributed by atoms with E-state index in [1.165, 1.54) is 18.2 Å². The highest BCUT2D eigenvalue weighted by Gasteiger charge is 2.31. The number of benzene rings is 2. The highest BCUT2D eigenvalue weighted by Crippen LogP contribution is 2.33. The molecule has 1 aromatic heterocycles. The zero-order valence-electron chi connectivity index (χ0n) is 21.1. The Labute approximate surface area is 214 Å². The lowest BCUT2D eigenvalue weighted by molar-refractivity contribution is 0.0735. The van der Waals surface area contributed by atoms with E-state index < -0.39 is 11.6 Å². The van der Waals surface area contributed by atoms with Gasteiger partial charge in [-0.25, -0.2) is 13.2 Å². The van der Waals surface area contributed by atoms with E-state index in [0.29, 0.717) is 69.4 Å². The molecule has 2 fully saturated rings. The summed E-state index contributed by atoms with van der Waals surface area (Å²) < 4.78 is 49.9. The maximum absolute atomic E-state index is 14.6. The van der Waals surface area contributed by atoms with Crippen molar-refractivity contribution < 1.29 is 22.7 Å². The van der Waals surface area contributed by atoms with E-state index in [4.69, 9.17) is 4.74 Å². The minimum atomic E-state index is -0.643. The maximum atomic E-state index is 14.6. The van der Waals surface area contributed by atoms with Crippen molar-refractivity contribution in [3.05, 3.63) is 82.4 Å². The molecule has 37 heavy (non-hydrogen) atoms. The third-order valence-corrected chi connectivity index (χ3v) is 7.36. The molecule has 0 saturated carbocycles. The van der Waals surface area contributed by atoms with Crippen LogP contribution >= 0.6 is 0 Å². The molecule has 0 atom stereocenters. The topological polar surface area (TPSA) is 41.0 Å². The fourth-order valence-corrected chi connectivity index (χ4v) is 5.44. The lowest BCUT2D eigenvalue weighted by Crippen LogP contribution is -2.49. The van der Waals surface area contributed by atoms with Crippen molar-refractivity contribution in [2.45, 2.75) is 20.4 Å². The number of para-hydroxylation sites is 1. The van der Waals surface area contributed by atoms with Crippen LogP contribution in [0, 0.1) is 31.3 Å². The van der Waals surface area contributed by atoms with Gasteiger partial charge in [-0.05, 0) is 32.0 Å². The van der Waals surface area contributed by atoms with Crippen LogP contribution in [0.4, 0.5) is 24.5 Å². The van der Waals surface area contributed by atoms with Gasteiger partial charge in [0.25, 0.3) is 5.91 Å². The average molecular weight is 513 g/mol. The highest BCUT2D eigenvalue weighted by molar-refractivity contribution is 5.97. The fourth-order valence-electron chi connectivity index (χ4n) is 5.44. The molecule has 0 spiro atoms. The first kappa shape index (κ1) is 25.2. The van der Waals surface area contributed by atoms with Crippen LogP contribution in [-0.2, 0) is 11.3 Å². The van der Waals surface area contributed by atoms with Crippen molar-refractivity contribution >= 4 is 17.3 Å². The number of morpholine rings is 1. The second-order valence-corrected chi connectivity index (χ2v) is 9.56. The summed E-state index contributed by atoms with van der Waals surface area (Å²) in [4.78, 5) is 19.9. The molecule has 5 rings (SSSR count). The normalized spacial score (nSPS) is 16.4. The van der Waals surface area contributed by atoms with E-state index >= 15 is 0 Å². The molecule has 1 amide bonds. The van der Waals surface area contributed by atoms with Crippen LogP contribution in [0.25, 0.3) is 0 Å². The van der Waals surface area contributed by atoms with E-state index in [1.54, 1.807) is 23.1 Å². The molecule has 0 radical (unpaired) electrons. The standard InChI is InChI=1S/C28H31F3N4O2/c1-19-26(33-13-15-37-16-14-33)20(2)35(18-21-7-8-22(29)17-24(21)31)27(19)28(36)34-11-9-32(10-12-34)25-6-4-3-5-23(25)30/h3-8,17H,9-16,18H2,1-2H3. The summed E-state index contributed by atoms with van der Waals surface area (Å²) in [5, 5.41) is 0. The Balaban J connectivity index is 1.46. The average Bonchev–Trinajstić information content (AvgIpc) is 3.15. The summed E-state index contributed by atoms with van der Waals surface area (Å²) in [6.07, 6.45) is 0. The zero-order chi connectivity index (χ0) is 26.1. The molecule has 2 aliphatic rings. The van der Waals surface area contributed by atoms with E-state index in [0.717, 1.165) is 23.0 Å². The Morgan fingerprint density at radius 3 is 2.24 bits per heavy atom. The Kier molecular flexibility index (Phi) is 7.15. The van der Waals surface area contributed by atoms with E-state index in [-0.39, 0.29) is 18.3 Å². The predicted octanol–water partition coefficient (Wildman–Crippen LogP) is 4.37. The molecule has 6 nitrogen and oxygen atoms in total. The van der Waals surface area contributed by atoms with Gasteiger partial charge < -0.3 is 24.0 Å². The highest BCUT2D eigenvalue weighted by atomic mass is 19.1. The molecule has 2 aromatic carbocycles. The third-order valence-electron chi connectivity index (χ3n) is 7.36. The third kappa shape index (κ3) is 4.92. The number of aromatic nitrogens is 1. The monoisotopic (exact) mass is 512 g/mol. The summed E-state index contributed by atoms with van der Waals surface area (Å²) in [5.41, 5.74) is 4.00. The fraction of sp³-hybridized carbons (Fsp3) is 0.393. The molecule has 0 aliphatic carbocycles. The van der Waals surface area contributed by atoms with Gasteiger partial charge in [0.15, 0.2) is 0 Å². The summed E-state index contributed by atoms with van der Waals surface area (Å²) in [5.74, 6) is -1.70. The Hall–Kier alpha value is -3.46. The van der Waals surface area contributed by atoms with Crippen LogP contribution in [0.5, 0.6) is 0 Å². The van der Waals surface area contributed by atoms with E-state index in [9.17, 15) is 18.0 Å². The summed E-state index contributed by atoms with van der Waals surface area (Å²) in [7, 11) is 0. The molecular formula is C28H31F3N4O2. The van der Waals surface area contributed by atoms with Crippen molar-refractivity contribution in [1.82, 2.24) is 9.47 Å². The van der Waals surface area contributed by atoms with Crippen LogP contribution in [0.1, 0.15) is 27.3 Å². The van der Waals surface area contributed by atoms with Gasteiger partial charge in [0.1, 0.15) is 23.1 Å². The van der Waals surface area contributed by atoms with Crippen LogP contribution in [0.3, 0.4) is 0 Å². The molecule has 3 heterocycles. The lowest BCUT2D eigenvalue weighted by Gasteiger charge is -2.36. The van der Waals surface area contributed by atoms with Gasteiger partial charge in [-0.3, -0.25) is 4.79 Å². The van der Waals surface area contributed by atoms with Crippen LogP contribution < -0.4 is 9.80 Å². The molecule has 0 unspecified atom stereocenters. The number of halogens is 3. The van der Waals surface area contributed by atoms with Gasteiger partial charge in [-0.2, -0.15) is 0 Å². The second-order valence-electron chi connectivity index (χ2n) is 9.56. The Bertz CT molecular complexity index is 1290. The van der Waals surface area contributed by atoms with Gasteiger partial charge in [0.05, 0.1) is 31.1 Å². The molecule has 0 bridgehead atoms. The first-order valence-corrected chi connectivity index (χ1v) is 12.6. The first-order valence-electron chi connectivity index (χ1n) is 12.6. The minimum Gasteiger partial charge on any atom is -0.378 e. The van der Waals surface area contributed by atoms with Crippen LogP contribution in [0.2, 0.25) is 0 Å². The van der Waals surface area contributed by atoms with Crippen molar-refractivity contribution in [2.24, 2.45) is 0 Å². The van der Waals surface area contributed by atoms with Crippen molar-refractivity contribution in [3.8, 4) is 0 Å². The van der Waals surface area contributed by atoms with E-state index in [2.05, 4.69) is 4.90 Å². The molecule has 2 aliphatic heterocycles. The minimum absolute atomic E-state index is 0.111. The Morgan fingerprint density at radius 2 is 1.57 bits per heavy atom. The number of piperazine rings is 1. The van der Waals surface area contributed by atoms with Crippen molar-refractivity contribution in [1.29, 1.82) is 0 Å². The predicted molar refractivity (Wildman–Crippen MR) is 137 cm³/mol. The van der Waals surface area contributed by atoms with E-state index in [1.807, 2.05) is 23.3 Å². The second kappa shape index (κ2) is 10.5. The number of amides is 1. The number of rotatable bonds is 5. The maximum Gasteiger partial charge on any atom is 0.270 e. The number of carbonyl (C=O) groups is 1. The van der Waals surface area contributed by atoms with Crippen LogP contribution in [-0.4, -0.2) is 67.9 Å². The van der Waals surface area contributed by atoms with Gasteiger partial charge in [-0.15, -0.1) is 0 Å². The van der Waals surface area contributed by atoms with Crippen molar-refractivity contribution in [3.63, 3.8) is 0 Å². The van der Waals surface area contributed by atoms with Gasteiger partial charge in [0, 0.05) is 62.2 Å². The Morgan fingerprint density at radius 1 is 0.865 bits per heavy atom. The molecule has 3 aromatic rings. The van der Waals surface area contributed by atoms with Gasteiger partial charge >= 0.3 is 0 Å². The smallest absolute Gasteiger partial charge is 0.270 e. The molecule has 2 saturated heterocycles. The lowest BCUT2D eigenvalue weighted by atomic mass is 10.1. The molecular weight excluding hydrogens is 481 g/mol.